The first-order chi connectivity index (χ1) is 7.49. The molecule has 0 aliphatic heterocycles. The number of rotatable bonds is 1. The molecule has 0 saturated heterocycles. The molecule has 1 amide bonds. The van der Waals surface area contributed by atoms with Crippen molar-refractivity contribution in [2.24, 2.45) is 0 Å². The molecular formula is C11H13N3OS. The van der Waals surface area contributed by atoms with Crippen molar-refractivity contribution in [3.8, 4) is 0 Å². The molecule has 84 valence electrons. The summed E-state index contributed by atoms with van der Waals surface area (Å²) < 4.78 is 0.961. The van der Waals surface area contributed by atoms with E-state index in [0.717, 1.165) is 15.8 Å². The zero-order valence-corrected chi connectivity index (χ0v) is 10.3. The minimum absolute atomic E-state index is 0.00280. The van der Waals surface area contributed by atoms with E-state index in [0.29, 0.717) is 10.7 Å². The van der Waals surface area contributed by atoms with Gasteiger partial charge in [-0.3, -0.25) is 4.79 Å². The molecule has 2 N–H and O–H groups in total. The SMILES string of the molecule is Cc1cc(C(=O)N(C)C)cc2sc(N)nc12. The Morgan fingerprint density at radius 2 is 2.12 bits per heavy atom. The summed E-state index contributed by atoms with van der Waals surface area (Å²) in [4.78, 5) is 17.6. The monoisotopic (exact) mass is 235 g/mol. The average Bonchev–Trinajstić information content (AvgIpc) is 2.57. The molecule has 0 bridgehead atoms. The fourth-order valence-electron chi connectivity index (χ4n) is 1.60. The van der Waals surface area contributed by atoms with Gasteiger partial charge >= 0.3 is 0 Å². The Hall–Kier alpha value is -1.62. The Bertz CT molecular complexity index is 560. The van der Waals surface area contributed by atoms with Crippen LogP contribution in [0.4, 0.5) is 5.13 Å². The molecule has 1 heterocycles. The second-order valence-electron chi connectivity index (χ2n) is 3.89. The van der Waals surface area contributed by atoms with Crippen LogP contribution in [-0.2, 0) is 0 Å². The smallest absolute Gasteiger partial charge is 0.253 e. The lowest BCUT2D eigenvalue weighted by Crippen LogP contribution is -2.21. The summed E-state index contributed by atoms with van der Waals surface area (Å²) in [6, 6.07) is 3.70. The van der Waals surface area contributed by atoms with E-state index in [2.05, 4.69) is 4.98 Å². The summed E-state index contributed by atoms with van der Waals surface area (Å²) in [5.74, 6) is -0.00280. The van der Waals surface area contributed by atoms with Crippen molar-refractivity contribution >= 4 is 32.6 Å². The van der Waals surface area contributed by atoms with Gasteiger partial charge in [-0.15, -0.1) is 0 Å². The maximum Gasteiger partial charge on any atom is 0.253 e. The number of benzene rings is 1. The van der Waals surface area contributed by atoms with Crippen LogP contribution in [-0.4, -0.2) is 29.9 Å². The fraction of sp³-hybridized carbons (Fsp3) is 0.273. The third-order valence-electron chi connectivity index (χ3n) is 2.36. The zero-order chi connectivity index (χ0) is 11.9. The van der Waals surface area contributed by atoms with Crippen LogP contribution in [0.2, 0.25) is 0 Å². The van der Waals surface area contributed by atoms with E-state index in [1.54, 1.807) is 19.0 Å². The van der Waals surface area contributed by atoms with Gasteiger partial charge in [0, 0.05) is 19.7 Å². The van der Waals surface area contributed by atoms with Crippen LogP contribution in [0, 0.1) is 6.92 Å². The number of aryl methyl sites for hydroxylation is 1. The lowest BCUT2D eigenvalue weighted by atomic mass is 10.1. The zero-order valence-electron chi connectivity index (χ0n) is 9.44. The Balaban J connectivity index is 2.61. The molecule has 0 fully saturated rings. The lowest BCUT2D eigenvalue weighted by Gasteiger charge is -2.10. The van der Waals surface area contributed by atoms with Gasteiger partial charge in [0.05, 0.1) is 10.2 Å². The minimum atomic E-state index is -0.00280. The van der Waals surface area contributed by atoms with Crippen LogP contribution in [0.5, 0.6) is 0 Å². The number of amides is 1. The first-order valence-corrected chi connectivity index (χ1v) is 5.69. The summed E-state index contributed by atoms with van der Waals surface area (Å²) in [6.07, 6.45) is 0. The molecule has 5 heteroatoms. The molecule has 1 aromatic carbocycles. The van der Waals surface area contributed by atoms with E-state index in [9.17, 15) is 4.79 Å². The Morgan fingerprint density at radius 3 is 2.75 bits per heavy atom. The summed E-state index contributed by atoms with van der Waals surface area (Å²) in [5.41, 5.74) is 8.21. The molecule has 0 aliphatic rings. The summed E-state index contributed by atoms with van der Waals surface area (Å²) in [7, 11) is 3.48. The van der Waals surface area contributed by atoms with Crippen LogP contribution in [0.25, 0.3) is 10.2 Å². The largest absolute Gasteiger partial charge is 0.375 e. The predicted octanol–water partition coefficient (Wildman–Crippen LogP) is 1.89. The normalized spacial score (nSPS) is 10.7. The maximum atomic E-state index is 11.8. The second-order valence-corrected chi connectivity index (χ2v) is 4.95. The number of nitrogens with two attached hydrogens (primary N) is 1. The van der Waals surface area contributed by atoms with E-state index in [1.807, 2.05) is 19.1 Å². The number of nitrogen functional groups attached to an aromatic ring is 1. The summed E-state index contributed by atoms with van der Waals surface area (Å²) in [6.45, 7) is 1.94. The number of fused-ring (bicyclic) bond motifs is 1. The van der Waals surface area contributed by atoms with Gasteiger partial charge in [-0.2, -0.15) is 0 Å². The number of nitrogens with zero attached hydrogens (tertiary/aromatic N) is 2. The highest BCUT2D eigenvalue weighted by molar-refractivity contribution is 7.22. The molecule has 2 aromatic rings. The molecule has 0 aliphatic carbocycles. The first-order valence-electron chi connectivity index (χ1n) is 4.87. The van der Waals surface area contributed by atoms with Crippen LogP contribution in [0.1, 0.15) is 15.9 Å². The van der Waals surface area contributed by atoms with Crippen LogP contribution in [0.15, 0.2) is 12.1 Å². The first kappa shape index (κ1) is 10.9. The molecule has 0 radical (unpaired) electrons. The van der Waals surface area contributed by atoms with Gasteiger partial charge in [-0.05, 0) is 24.6 Å². The van der Waals surface area contributed by atoms with Gasteiger partial charge in [0.15, 0.2) is 5.13 Å². The average molecular weight is 235 g/mol. The molecule has 0 saturated carbocycles. The van der Waals surface area contributed by atoms with Gasteiger partial charge < -0.3 is 10.6 Å². The lowest BCUT2D eigenvalue weighted by molar-refractivity contribution is 0.0827. The van der Waals surface area contributed by atoms with E-state index in [4.69, 9.17) is 5.73 Å². The molecular weight excluding hydrogens is 222 g/mol. The number of thiazole rings is 1. The number of carbonyl (C=O) groups excluding carboxylic acids is 1. The van der Waals surface area contributed by atoms with Crippen molar-refractivity contribution in [2.45, 2.75) is 6.92 Å². The maximum absolute atomic E-state index is 11.8. The van der Waals surface area contributed by atoms with E-state index >= 15 is 0 Å². The molecule has 4 nitrogen and oxygen atoms in total. The van der Waals surface area contributed by atoms with E-state index in [1.165, 1.54) is 11.3 Å². The molecule has 1 aromatic heterocycles. The van der Waals surface area contributed by atoms with E-state index in [-0.39, 0.29) is 5.91 Å². The Labute approximate surface area is 97.7 Å². The third-order valence-corrected chi connectivity index (χ3v) is 3.19. The molecule has 16 heavy (non-hydrogen) atoms. The van der Waals surface area contributed by atoms with Crippen LogP contribution >= 0.6 is 11.3 Å². The van der Waals surface area contributed by atoms with Gasteiger partial charge in [-0.1, -0.05) is 11.3 Å². The van der Waals surface area contributed by atoms with Crippen molar-refractivity contribution < 1.29 is 4.79 Å². The predicted molar refractivity (Wildman–Crippen MR) is 66.8 cm³/mol. The quantitative estimate of drug-likeness (QED) is 0.821. The summed E-state index contributed by atoms with van der Waals surface area (Å²) >= 11 is 1.41. The Kier molecular flexibility index (Phi) is 2.55. The van der Waals surface area contributed by atoms with Gasteiger partial charge in [0.2, 0.25) is 0 Å². The van der Waals surface area contributed by atoms with Crippen molar-refractivity contribution in [1.29, 1.82) is 0 Å². The Morgan fingerprint density at radius 1 is 1.44 bits per heavy atom. The molecule has 0 atom stereocenters. The van der Waals surface area contributed by atoms with Gasteiger partial charge in [0.25, 0.3) is 5.91 Å². The summed E-state index contributed by atoms with van der Waals surface area (Å²) in [5, 5.41) is 0.535. The third kappa shape index (κ3) is 1.74. The highest BCUT2D eigenvalue weighted by atomic mass is 32.1. The number of hydrogen-bond acceptors (Lipinski definition) is 4. The fourth-order valence-corrected chi connectivity index (χ4v) is 2.45. The van der Waals surface area contributed by atoms with E-state index < -0.39 is 0 Å². The van der Waals surface area contributed by atoms with Crippen molar-refractivity contribution in [3.05, 3.63) is 23.3 Å². The van der Waals surface area contributed by atoms with Crippen LogP contribution in [0.3, 0.4) is 0 Å². The standard InChI is InChI=1S/C11H13N3OS/c1-6-4-7(10(15)14(2)3)5-8-9(6)13-11(12)16-8/h4-5H,1-3H3,(H2,12,13). The number of hydrogen-bond donors (Lipinski definition) is 1. The second kappa shape index (κ2) is 3.75. The van der Waals surface area contributed by atoms with Gasteiger partial charge in [-0.25, -0.2) is 4.98 Å². The molecule has 0 unspecified atom stereocenters. The molecule has 2 rings (SSSR count). The van der Waals surface area contributed by atoms with Crippen molar-refractivity contribution in [1.82, 2.24) is 9.88 Å². The highest BCUT2D eigenvalue weighted by Gasteiger charge is 2.12. The van der Waals surface area contributed by atoms with Crippen LogP contribution < -0.4 is 5.73 Å². The van der Waals surface area contributed by atoms with Gasteiger partial charge in [0.1, 0.15) is 0 Å². The topological polar surface area (TPSA) is 59.2 Å². The van der Waals surface area contributed by atoms with Crippen molar-refractivity contribution in [2.75, 3.05) is 19.8 Å². The number of anilines is 1. The van der Waals surface area contributed by atoms with Crippen molar-refractivity contribution in [3.63, 3.8) is 0 Å². The highest BCUT2D eigenvalue weighted by Crippen LogP contribution is 2.27. The molecule has 0 spiro atoms. The number of carbonyl (C=O) groups is 1. The number of aromatic nitrogens is 1. The minimum Gasteiger partial charge on any atom is -0.375 e.